The van der Waals surface area contributed by atoms with Gasteiger partial charge in [-0.3, -0.25) is 0 Å². The molecule has 108 valence electrons. The molecule has 0 radical (unpaired) electrons. The molecule has 1 aromatic carbocycles. The van der Waals surface area contributed by atoms with E-state index in [4.69, 9.17) is 4.74 Å². The Labute approximate surface area is 119 Å². The van der Waals surface area contributed by atoms with Crippen molar-refractivity contribution >= 4 is 10.9 Å². The highest BCUT2D eigenvalue weighted by Gasteiger charge is 2.25. The maximum absolute atomic E-state index is 9.42. The number of H-pyrrole nitrogens is 1. The van der Waals surface area contributed by atoms with Crippen LogP contribution in [0.15, 0.2) is 24.3 Å². The van der Waals surface area contributed by atoms with E-state index in [2.05, 4.69) is 34.6 Å². The number of methoxy groups -OCH3 is 1. The van der Waals surface area contributed by atoms with E-state index in [1.165, 1.54) is 28.6 Å². The molecule has 1 aromatic heterocycles. The van der Waals surface area contributed by atoms with Crippen molar-refractivity contribution in [1.29, 1.82) is 0 Å². The van der Waals surface area contributed by atoms with E-state index < -0.39 is 0 Å². The van der Waals surface area contributed by atoms with E-state index in [-0.39, 0.29) is 18.7 Å². The van der Waals surface area contributed by atoms with Crippen LogP contribution in [0.2, 0.25) is 0 Å². The summed E-state index contributed by atoms with van der Waals surface area (Å²) in [6, 6.07) is 8.74. The molecular weight excluding hydrogens is 252 g/mol. The zero-order valence-corrected chi connectivity index (χ0v) is 11.9. The summed E-state index contributed by atoms with van der Waals surface area (Å²) in [5, 5.41) is 14.3. The molecule has 0 saturated carbocycles. The van der Waals surface area contributed by atoms with Crippen LogP contribution in [0, 0.1) is 0 Å². The van der Waals surface area contributed by atoms with Gasteiger partial charge >= 0.3 is 0 Å². The molecule has 2 aromatic rings. The van der Waals surface area contributed by atoms with Crippen LogP contribution in [0.25, 0.3) is 10.9 Å². The number of nitrogens with one attached hydrogen (secondary N) is 2. The smallest absolute Gasteiger partial charge is 0.0638 e. The van der Waals surface area contributed by atoms with Crippen molar-refractivity contribution in [3.8, 4) is 0 Å². The van der Waals surface area contributed by atoms with Crippen molar-refractivity contribution in [3.63, 3.8) is 0 Å². The monoisotopic (exact) mass is 274 g/mol. The number of rotatable bonds is 5. The Morgan fingerprint density at radius 3 is 3.10 bits per heavy atom. The lowest BCUT2D eigenvalue weighted by molar-refractivity contribution is 0.120. The topological polar surface area (TPSA) is 57.3 Å². The number of aliphatic hydroxyl groups is 1. The average molecular weight is 274 g/mol. The lowest BCUT2D eigenvalue weighted by atomic mass is 9.91. The minimum absolute atomic E-state index is 0.0117. The van der Waals surface area contributed by atoms with Crippen molar-refractivity contribution in [2.45, 2.75) is 31.3 Å². The van der Waals surface area contributed by atoms with Gasteiger partial charge in [0.1, 0.15) is 0 Å². The van der Waals surface area contributed by atoms with Crippen molar-refractivity contribution < 1.29 is 9.84 Å². The molecule has 2 unspecified atom stereocenters. The predicted molar refractivity (Wildman–Crippen MR) is 79.9 cm³/mol. The van der Waals surface area contributed by atoms with Crippen molar-refractivity contribution in [1.82, 2.24) is 10.3 Å². The fourth-order valence-corrected chi connectivity index (χ4v) is 3.22. The van der Waals surface area contributed by atoms with Crippen molar-refractivity contribution in [2.24, 2.45) is 0 Å². The summed E-state index contributed by atoms with van der Waals surface area (Å²) in [4.78, 5) is 3.55. The maximum Gasteiger partial charge on any atom is 0.0638 e. The lowest BCUT2D eigenvalue weighted by Gasteiger charge is -2.27. The second-order valence-electron chi connectivity index (χ2n) is 5.51. The third-order valence-corrected chi connectivity index (χ3v) is 4.14. The Kier molecular flexibility index (Phi) is 4.05. The van der Waals surface area contributed by atoms with Gasteiger partial charge < -0.3 is 20.1 Å². The second kappa shape index (κ2) is 5.95. The van der Waals surface area contributed by atoms with Crippen LogP contribution in [0.4, 0.5) is 0 Å². The number of hydrogen-bond donors (Lipinski definition) is 3. The van der Waals surface area contributed by atoms with Crippen LogP contribution >= 0.6 is 0 Å². The zero-order valence-electron chi connectivity index (χ0n) is 11.9. The van der Waals surface area contributed by atoms with Crippen LogP contribution in [-0.2, 0) is 11.2 Å². The summed E-state index contributed by atoms with van der Waals surface area (Å²) in [5.41, 5.74) is 3.92. The van der Waals surface area contributed by atoms with Gasteiger partial charge in [-0.05, 0) is 30.9 Å². The van der Waals surface area contributed by atoms with E-state index in [1.807, 2.05) is 0 Å². The average Bonchev–Trinajstić information content (AvgIpc) is 2.86. The number of aryl methyl sites for hydroxylation is 1. The third-order valence-electron chi connectivity index (χ3n) is 4.14. The Balaban J connectivity index is 1.89. The third kappa shape index (κ3) is 2.46. The Bertz CT molecular complexity index is 579. The van der Waals surface area contributed by atoms with Gasteiger partial charge in [-0.25, -0.2) is 0 Å². The first-order valence-corrected chi connectivity index (χ1v) is 7.28. The first-order valence-electron chi connectivity index (χ1n) is 7.28. The van der Waals surface area contributed by atoms with Gasteiger partial charge in [0, 0.05) is 29.7 Å². The van der Waals surface area contributed by atoms with Gasteiger partial charge in [-0.1, -0.05) is 18.2 Å². The van der Waals surface area contributed by atoms with Gasteiger partial charge in [0.15, 0.2) is 0 Å². The fraction of sp³-hybridized carbons (Fsp3) is 0.500. The van der Waals surface area contributed by atoms with Gasteiger partial charge in [0.25, 0.3) is 0 Å². The number of aromatic amines is 1. The molecule has 3 N–H and O–H groups in total. The van der Waals surface area contributed by atoms with E-state index in [9.17, 15) is 5.11 Å². The quantitative estimate of drug-likeness (QED) is 0.783. The number of fused-ring (bicyclic) bond motifs is 3. The molecule has 4 heteroatoms. The second-order valence-corrected chi connectivity index (χ2v) is 5.51. The highest BCUT2D eigenvalue weighted by Crippen LogP contribution is 2.34. The summed E-state index contributed by atoms with van der Waals surface area (Å²) in [7, 11) is 1.67. The number of aliphatic hydroxyl groups excluding tert-OH is 1. The lowest BCUT2D eigenvalue weighted by Crippen LogP contribution is -2.40. The van der Waals surface area contributed by atoms with Crippen LogP contribution in [0.1, 0.15) is 30.1 Å². The first-order chi connectivity index (χ1) is 9.83. The molecule has 0 amide bonds. The minimum atomic E-state index is -0.0117. The van der Waals surface area contributed by atoms with Gasteiger partial charge in [-0.15, -0.1) is 0 Å². The summed E-state index contributed by atoms with van der Waals surface area (Å²) in [5.74, 6) is 0. The summed E-state index contributed by atoms with van der Waals surface area (Å²) in [6.45, 7) is 0.627. The summed E-state index contributed by atoms with van der Waals surface area (Å²) < 4.78 is 5.15. The number of hydrogen-bond acceptors (Lipinski definition) is 3. The Morgan fingerprint density at radius 1 is 1.45 bits per heavy atom. The molecule has 1 heterocycles. The highest BCUT2D eigenvalue weighted by atomic mass is 16.5. The van der Waals surface area contributed by atoms with Crippen molar-refractivity contribution in [3.05, 3.63) is 35.5 Å². The SMILES string of the molecule is COCC(CO)NC1CCCc2c1[nH]c1ccccc21. The number of ether oxygens (including phenoxy) is 1. The van der Waals surface area contributed by atoms with Gasteiger partial charge in [0.2, 0.25) is 0 Å². The normalized spacial score (nSPS) is 20.0. The molecule has 2 atom stereocenters. The molecule has 1 aliphatic rings. The molecule has 0 fully saturated rings. The van der Waals surface area contributed by atoms with Crippen molar-refractivity contribution in [2.75, 3.05) is 20.3 Å². The molecular formula is C16H22N2O2. The van der Waals surface area contributed by atoms with Gasteiger partial charge in [0.05, 0.1) is 19.3 Å². The molecule has 1 aliphatic carbocycles. The first kappa shape index (κ1) is 13.6. The Hall–Kier alpha value is -1.36. The number of aromatic nitrogens is 1. The molecule has 0 spiro atoms. The molecule has 0 bridgehead atoms. The fourth-order valence-electron chi connectivity index (χ4n) is 3.22. The maximum atomic E-state index is 9.42. The Morgan fingerprint density at radius 2 is 2.30 bits per heavy atom. The van der Waals surface area contributed by atoms with E-state index in [1.54, 1.807) is 7.11 Å². The van der Waals surface area contributed by atoms with Crippen LogP contribution in [-0.4, -0.2) is 36.5 Å². The van der Waals surface area contributed by atoms with Gasteiger partial charge in [-0.2, -0.15) is 0 Å². The molecule has 4 nitrogen and oxygen atoms in total. The highest BCUT2D eigenvalue weighted by molar-refractivity contribution is 5.85. The number of benzene rings is 1. The molecule has 0 saturated heterocycles. The number of para-hydroxylation sites is 1. The molecule has 20 heavy (non-hydrogen) atoms. The molecule has 3 rings (SSSR count). The zero-order chi connectivity index (χ0) is 13.9. The van der Waals surface area contributed by atoms with E-state index >= 15 is 0 Å². The standard InChI is InChI=1S/C16H22N2O2/c1-20-10-11(9-19)17-15-8-4-6-13-12-5-2-3-7-14(12)18-16(13)15/h2-3,5,7,11,15,17-19H,4,6,8-10H2,1H3. The van der Waals surface area contributed by atoms with Crippen LogP contribution < -0.4 is 5.32 Å². The largest absolute Gasteiger partial charge is 0.395 e. The predicted octanol–water partition coefficient (Wildman–Crippen LogP) is 2.14. The summed E-state index contributed by atoms with van der Waals surface area (Å²) >= 11 is 0. The summed E-state index contributed by atoms with van der Waals surface area (Å²) in [6.07, 6.45) is 3.41. The van der Waals surface area contributed by atoms with E-state index in [0.717, 1.165) is 12.8 Å². The van der Waals surface area contributed by atoms with Crippen LogP contribution in [0.3, 0.4) is 0 Å². The van der Waals surface area contributed by atoms with E-state index in [0.29, 0.717) is 6.61 Å². The molecule has 0 aliphatic heterocycles. The van der Waals surface area contributed by atoms with Crippen LogP contribution in [0.5, 0.6) is 0 Å². The minimum Gasteiger partial charge on any atom is -0.395 e.